The van der Waals surface area contributed by atoms with E-state index in [1.165, 1.54) is 4.90 Å². The number of hydrogen-bond donors (Lipinski definition) is 1. The molecule has 2 aliphatic heterocycles. The maximum absolute atomic E-state index is 13.4. The summed E-state index contributed by atoms with van der Waals surface area (Å²) in [7, 11) is 0. The van der Waals surface area contributed by atoms with Crippen molar-refractivity contribution < 1.29 is 18.0 Å². The molecule has 0 spiro atoms. The summed E-state index contributed by atoms with van der Waals surface area (Å²) in [6.07, 6.45) is -2.55. The van der Waals surface area contributed by atoms with Crippen LogP contribution in [0.2, 0.25) is 0 Å². The lowest BCUT2D eigenvalue weighted by Gasteiger charge is -2.37. The molecule has 2 aliphatic rings. The molecule has 1 aromatic rings. The molecular weight excluding hydrogens is 283 g/mol. The summed E-state index contributed by atoms with van der Waals surface area (Å²) in [4.78, 5) is 18.1. The fraction of sp³-hybridized carbons (Fsp3) is 0.571. The molecular formula is C14H16F3N3O. The van der Waals surface area contributed by atoms with Crippen LogP contribution in [0.4, 0.5) is 13.2 Å². The number of aromatic nitrogens is 1. The standard InChI is InChI=1S/C14H16F3N3O/c15-14(16,17)13(4-6-18-9-13)12(21)20-7-3-11-10(8-20)2-1-5-19-11/h1-2,5,18H,3-4,6-9H2. The number of nitrogens with zero attached hydrogens (tertiary/aromatic N) is 2. The summed E-state index contributed by atoms with van der Waals surface area (Å²) >= 11 is 0. The highest BCUT2D eigenvalue weighted by Crippen LogP contribution is 2.44. The van der Waals surface area contributed by atoms with Gasteiger partial charge >= 0.3 is 6.18 Å². The van der Waals surface area contributed by atoms with Crippen molar-refractivity contribution in [1.82, 2.24) is 15.2 Å². The smallest absolute Gasteiger partial charge is 0.337 e. The van der Waals surface area contributed by atoms with E-state index in [1.807, 2.05) is 6.07 Å². The fourth-order valence-corrected chi connectivity index (χ4v) is 3.08. The van der Waals surface area contributed by atoms with Gasteiger partial charge in [-0.25, -0.2) is 0 Å². The van der Waals surface area contributed by atoms with E-state index < -0.39 is 17.5 Å². The average molecular weight is 299 g/mol. The SMILES string of the molecule is O=C(N1CCc2ncccc2C1)C1(C(F)(F)F)CCNC1. The number of nitrogens with one attached hydrogen (secondary N) is 1. The van der Waals surface area contributed by atoms with Gasteiger partial charge in [0.1, 0.15) is 0 Å². The monoisotopic (exact) mass is 299 g/mol. The first kappa shape index (κ1) is 14.3. The first-order valence-electron chi connectivity index (χ1n) is 6.94. The highest BCUT2D eigenvalue weighted by molar-refractivity contribution is 5.84. The van der Waals surface area contributed by atoms with Crippen molar-refractivity contribution >= 4 is 5.91 Å². The lowest BCUT2D eigenvalue weighted by atomic mass is 9.84. The molecule has 114 valence electrons. The van der Waals surface area contributed by atoms with Gasteiger partial charge in [0.15, 0.2) is 5.41 Å². The Hall–Kier alpha value is -1.63. The Labute approximate surface area is 120 Å². The third kappa shape index (κ3) is 2.29. The first-order chi connectivity index (χ1) is 9.94. The van der Waals surface area contributed by atoms with E-state index in [0.717, 1.165) is 11.3 Å². The fourth-order valence-electron chi connectivity index (χ4n) is 3.08. The molecule has 0 saturated carbocycles. The third-order valence-corrected chi connectivity index (χ3v) is 4.36. The number of halogens is 3. The lowest BCUT2D eigenvalue weighted by molar-refractivity contribution is -0.222. The summed E-state index contributed by atoms with van der Waals surface area (Å²) < 4.78 is 40.3. The normalized spacial score (nSPS) is 25.8. The van der Waals surface area contributed by atoms with Crippen LogP contribution in [0.25, 0.3) is 0 Å². The number of carbonyl (C=O) groups is 1. The molecule has 1 aromatic heterocycles. The quantitative estimate of drug-likeness (QED) is 0.855. The Balaban J connectivity index is 1.86. The maximum Gasteiger partial charge on any atom is 0.404 e. The van der Waals surface area contributed by atoms with Gasteiger partial charge in [0.25, 0.3) is 0 Å². The minimum absolute atomic E-state index is 0.189. The van der Waals surface area contributed by atoms with Gasteiger partial charge in [0.2, 0.25) is 5.91 Å². The van der Waals surface area contributed by atoms with E-state index in [-0.39, 0.29) is 26.1 Å². The van der Waals surface area contributed by atoms with Crippen LogP contribution in [0.3, 0.4) is 0 Å². The molecule has 7 heteroatoms. The number of carbonyl (C=O) groups excluding carboxylic acids is 1. The Morgan fingerprint density at radius 3 is 2.90 bits per heavy atom. The molecule has 21 heavy (non-hydrogen) atoms. The second-order valence-electron chi connectivity index (χ2n) is 5.59. The molecule has 1 saturated heterocycles. The predicted molar refractivity (Wildman–Crippen MR) is 69.3 cm³/mol. The van der Waals surface area contributed by atoms with Gasteiger partial charge in [-0.2, -0.15) is 13.2 Å². The summed E-state index contributed by atoms with van der Waals surface area (Å²) in [5.41, 5.74) is -0.570. The van der Waals surface area contributed by atoms with Crippen LogP contribution in [0, 0.1) is 5.41 Å². The molecule has 0 aliphatic carbocycles. The Kier molecular flexibility index (Phi) is 3.39. The third-order valence-electron chi connectivity index (χ3n) is 4.36. The first-order valence-corrected chi connectivity index (χ1v) is 6.94. The second kappa shape index (κ2) is 4.98. The molecule has 1 N–H and O–H groups in total. The number of pyridine rings is 1. The highest BCUT2D eigenvalue weighted by Gasteiger charge is 2.62. The van der Waals surface area contributed by atoms with Crippen molar-refractivity contribution in [3.63, 3.8) is 0 Å². The van der Waals surface area contributed by atoms with Gasteiger partial charge < -0.3 is 10.2 Å². The molecule has 0 aromatic carbocycles. The minimum atomic E-state index is -4.53. The van der Waals surface area contributed by atoms with Gasteiger partial charge in [-0.15, -0.1) is 0 Å². The molecule has 0 bridgehead atoms. The van der Waals surface area contributed by atoms with E-state index >= 15 is 0 Å². The number of amides is 1. The van der Waals surface area contributed by atoms with Gasteiger partial charge in [0.05, 0.1) is 0 Å². The molecule has 3 heterocycles. The van der Waals surface area contributed by atoms with Crippen molar-refractivity contribution in [3.05, 3.63) is 29.6 Å². The van der Waals surface area contributed by atoms with E-state index in [4.69, 9.17) is 0 Å². The maximum atomic E-state index is 13.4. The van der Waals surface area contributed by atoms with E-state index in [2.05, 4.69) is 10.3 Å². The number of hydrogen-bond acceptors (Lipinski definition) is 3. The van der Waals surface area contributed by atoms with E-state index in [0.29, 0.717) is 13.0 Å². The van der Waals surface area contributed by atoms with Crippen molar-refractivity contribution in [1.29, 1.82) is 0 Å². The van der Waals surface area contributed by atoms with Crippen LogP contribution in [-0.2, 0) is 17.8 Å². The Bertz CT molecular complexity index is 553. The van der Waals surface area contributed by atoms with Crippen molar-refractivity contribution in [2.75, 3.05) is 19.6 Å². The summed E-state index contributed by atoms with van der Waals surface area (Å²) in [6.45, 7) is 0.392. The van der Waals surface area contributed by atoms with Gasteiger partial charge in [-0.05, 0) is 24.6 Å². The Morgan fingerprint density at radius 2 is 2.24 bits per heavy atom. The molecule has 1 amide bonds. The van der Waals surface area contributed by atoms with Gasteiger partial charge in [0, 0.05) is 37.9 Å². The van der Waals surface area contributed by atoms with Crippen molar-refractivity contribution in [3.8, 4) is 0 Å². The van der Waals surface area contributed by atoms with Crippen LogP contribution in [0.15, 0.2) is 18.3 Å². The highest BCUT2D eigenvalue weighted by atomic mass is 19.4. The molecule has 3 rings (SSSR count). The van der Waals surface area contributed by atoms with Gasteiger partial charge in [-0.3, -0.25) is 9.78 Å². The van der Waals surface area contributed by atoms with Crippen molar-refractivity contribution in [2.45, 2.75) is 25.6 Å². The molecule has 1 fully saturated rings. The van der Waals surface area contributed by atoms with Crippen molar-refractivity contribution in [2.24, 2.45) is 5.41 Å². The number of alkyl halides is 3. The zero-order chi connectivity index (χ0) is 15.1. The van der Waals surface area contributed by atoms with Crippen LogP contribution in [-0.4, -0.2) is 41.6 Å². The van der Waals surface area contributed by atoms with E-state index in [1.54, 1.807) is 12.3 Å². The number of fused-ring (bicyclic) bond motifs is 1. The van der Waals surface area contributed by atoms with Crippen LogP contribution in [0.1, 0.15) is 17.7 Å². The predicted octanol–water partition coefficient (Wildman–Crippen LogP) is 1.51. The largest absolute Gasteiger partial charge is 0.404 e. The molecule has 1 atom stereocenters. The zero-order valence-corrected chi connectivity index (χ0v) is 11.4. The molecule has 4 nitrogen and oxygen atoms in total. The summed E-state index contributed by atoms with van der Waals surface area (Å²) in [6, 6.07) is 3.55. The average Bonchev–Trinajstić information content (AvgIpc) is 2.96. The minimum Gasteiger partial charge on any atom is -0.337 e. The van der Waals surface area contributed by atoms with Crippen LogP contribution >= 0.6 is 0 Å². The van der Waals surface area contributed by atoms with E-state index in [9.17, 15) is 18.0 Å². The summed E-state index contributed by atoms with van der Waals surface area (Å²) in [5.74, 6) is -0.811. The number of rotatable bonds is 1. The van der Waals surface area contributed by atoms with Crippen LogP contribution in [0.5, 0.6) is 0 Å². The lowest BCUT2D eigenvalue weighted by Crippen LogP contribution is -2.54. The van der Waals surface area contributed by atoms with Gasteiger partial charge in [-0.1, -0.05) is 6.07 Å². The second-order valence-corrected chi connectivity index (χ2v) is 5.59. The van der Waals surface area contributed by atoms with Crippen LogP contribution < -0.4 is 5.32 Å². The molecule has 1 unspecified atom stereocenters. The summed E-state index contributed by atoms with van der Waals surface area (Å²) in [5, 5.41) is 2.68. The zero-order valence-electron chi connectivity index (χ0n) is 11.4. The topological polar surface area (TPSA) is 45.2 Å². The Morgan fingerprint density at radius 1 is 1.43 bits per heavy atom. The molecule has 0 radical (unpaired) electrons.